The van der Waals surface area contributed by atoms with E-state index in [1.165, 1.54) is 0 Å². The van der Waals surface area contributed by atoms with Crippen molar-refractivity contribution in [3.8, 4) is 11.5 Å². The summed E-state index contributed by atoms with van der Waals surface area (Å²) in [6, 6.07) is 12.2. The fraction of sp³-hybridized carbons (Fsp3) is 0.0769. The van der Waals surface area contributed by atoms with Crippen LogP contribution in [0, 0.1) is 0 Å². The lowest BCUT2D eigenvalue weighted by Gasteiger charge is -2.09. The average molecular weight is 250 g/mol. The Kier molecular flexibility index (Phi) is 3.40. The van der Waals surface area contributed by atoms with Crippen molar-refractivity contribution in [3.05, 3.63) is 47.5 Å². The number of halogens is 1. The van der Waals surface area contributed by atoms with Crippen LogP contribution in [0.2, 0.25) is 5.02 Å². The summed E-state index contributed by atoms with van der Waals surface area (Å²) in [6.07, 6.45) is 0. The molecule has 0 aliphatic carbocycles. The molecule has 2 aromatic carbocycles. The van der Waals surface area contributed by atoms with Crippen LogP contribution in [-0.4, -0.2) is 12.2 Å². The van der Waals surface area contributed by atoms with Crippen molar-refractivity contribution >= 4 is 23.0 Å². The fourth-order valence-corrected chi connectivity index (χ4v) is 1.61. The summed E-state index contributed by atoms with van der Waals surface area (Å²) in [6.45, 7) is 0. The number of rotatable bonds is 3. The predicted molar refractivity (Wildman–Crippen MR) is 69.4 cm³/mol. The first-order valence-corrected chi connectivity index (χ1v) is 5.46. The van der Waals surface area contributed by atoms with Crippen LogP contribution in [0.15, 0.2) is 42.5 Å². The first kappa shape index (κ1) is 11.6. The van der Waals surface area contributed by atoms with Gasteiger partial charge in [0.15, 0.2) is 0 Å². The van der Waals surface area contributed by atoms with Crippen LogP contribution in [0.4, 0.5) is 11.4 Å². The zero-order valence-electron chi connectivity index (χ0n) is 9.27. The molecule has 88 valence electrons. The van der Waals surface area contributed by atoms with Crippen molar-refractivity contribution in [2.24, 2.45) is 0 Å². The smallest absolute Gasteiger partial charge is 0.139 e. The summed E-state index contributed by atoms with van der Waals surface area (Å²) in [5, 5.41) is 13.3. The lowest BCUT2D eigenvalue weighted by molar-refractivity contribution is 0.415. The highest BCUT2D eigenvalue weighted by Gasteiger charge is 2.02. The summed E-state index contributed by atoms with van der Waals surface area (Å²) in [5.74, 6) is 0.941. The normalized spacial score (nSPS) is 10.0. The van der Waals surface area contributed by atoms with Crippen LogP contribution >= 0.6 is 11.6 Å². The molecule has 0 unspecified atom stereocenters. The zero-order chi connectivity index (χ0) is 12.3. The number of nitrogens with one attached hydrogen (secondary N) is 1. The van der Waals surface area contributed by atoms with E-state index < -0.39 is 0 Å². The molecule has 0 aromatic heterocycles. The molecule has 2 aromatic rings. The van der Waals surface area contributed by atoms with Crippen LogP contribution in [-0.2, 0) is 0 Å². The van der Waals surface area contributed by atoms with Gasteiger partial charge in [0.1, 0.15) is 11.5 Å². The highest BCUT2D eigenvalue weighted by molar-refractivity contribution is 6.30. The van der Waals surface area contributed by atoms with Gasteiger partial charge in [-0.3, -0.25) is 0 Å². The van der Waals surface area contributed by atoms with Gasteiger partial charge >= 0.3 is 0 Å². The molecule has 0 aliphatic heterocycles. The van der Waals surface area contributed by atoms with E-state index in [2.05, 4.69) is 5.32 Å². The number of hydrogen-bond acceptors (Lipinski definition) is 3. The van der Waals surface area contributed by atoms with Gasteiger partial charge in [0.2, 0.25) is 0 Å². The van der Waals surface area contributed by atoms with Crippen molar-refractivity contribution in [1.29, 1.82) is 0 Å². The zero-order valence-corrected chi connectivity index (χ0v) is 10.0. The molecule has 3 nitrogen and oxygen atoms in total. The van der Waals surface area contributed by atoms with Gasteiger partial charge in [-0.15, -0.1) is 0 Å². The largest absolute Gasteiger partial charge is 0.506 e. The molecule has 2 N–H and O–H groups in total. The third-order valence-electron chi connectivity index (χ3n) is 2.33. The Morgan fingerprint density at radius 3 is 2.47 bits per heavy atom. The number of hydrogen-bond donors (Lipinski definition) is 2. The van der Waals surface area contributed by atoms with Crippen molar-refractivity contribution in [2.45, 2.75) is 0 Å². The van der Waals surface area contributed by atoms with Crippen LogP contribution in [0.1, 0.15) is 0 Å². The van der Waals surface area contributed by atoms with E-state index in [-0.39, 0.29) is 5.75 Å². The molecule has 0 atom stereocenters. The predicted octanol–water partition coefficient (Wildman–Crippen LogP) is 3.80. The van der Waals surface area contributed by atoms with Crippen molar-refractivity contribution in [3.63, 3.8) is 0 Å². The Balaban J connectivity index is 2.22. The molecule has 0 spiro atoms. The highest BCUT2D eigenvalue weighted by atomic mass is 35.5. The molecule has 0 saturated heterocycles. The number of methoxy groups -OCH3 is 1. The van der Waals surface area contributed by atoms with Crippen molar-refractivity contribution in [1.82, 2.24) is 0 Å². The number of anilines is 2. The van der Waals surface area contributed by atoms with Gasteiger partial charge in [0, 0.05) is 10.7 Å². The Bertz CT molecular complexity index is 511. The average Bonchev–Trinajstić information content (AvgIpc) is 2.35. The maximum Gasteiger partial charge on any atom is 0.139 e. The lowest BCUT2D eigenvalue weighted by atomic mass is 10.2. The topological polar surface area (TPSA) is 41.5 Å². The first-order chi connectivity index (χ1) is 8.19. The van der Waals surface area contributed by atoms with E-state index in [0.717, 1.165) is 11.4 Å². The van der Waals surface area contributed by atoms with E-state index in [1.807, 2.05) is 24.3 Å². The molecule has 4 heteroatoms. The minimum absolute atomic E-state index is 0.158. The third-order valence-corrected chi connectivity index (χ3v) is 2.56. The molecule has 0 heterocycles. The van der Waals surface area contributed by atoms with E-state index in [0.29, 0.717) is 10.7 Å². The second-order valence-corrected chi connectivity index (χ2v) is 3.95. The van der Waals surface area contributed by atoms with Gasteiger partial charge < -0.3 is 15.2 Å². The number of phenols is 1. The van der Waals surface area contributed by atoms with Crippen LogP contribution in [0.25, 0.3) is 0 Å². The Hall–Kier alpha value is -1.87. The molecule has 0 aliphatic rings. The Labute approximate surface area is 105 Å². The van der Waals surface area contributed by atoms with Crippen LogP contribution in [0.3, 0.4) is 0 Å². The molecule has 0 saturated carbocycles. The minimum atomic E-state index is 0.158. The molecule has 0 radical (unpaired) electrons. The lowest BCUT2D eigenvalue weighted by Crippen LogP contribution is -1.91. The van der Waals surface area contributed by atoms with Crippen LogP contribution in [0.5, 0.6) is 11.5 Å². The molecule has 17 heavy (non-hydrogen) atoms. The Morgan fingerprint density at radius 2 is 1.82 bits per heavy atom. The molecule has 2 rings (SSSR count). The monoisotopic (exact) mass is 249 g/mol. The van der Waals surface area contributed by atoms with Gasteiger partial charge in [-0.05, 0) is 42.5 Å². The molecular weight excluding hydrogens is 238 g/mol. The van der Waals surface area contributed by atoms with Crippen molar-refractivity contribution in [2.75, 3.05) is 12.4 Å². The van der Waals surface area contributed by atoms with Gasteiger partial charge in [-0.1, -0.05) is 11.6 Å². The second-order valence-electron chi connectivity index (χ2n) is 3.51. The molecule has 0 fully saturated rings. The molecule has 0 amide bonds. The fourth-order valence-electron chi connectivity index (χ4n) is 1.44. The number of aromatic hydroxyl groups is 1. The molecule has 0 bridgehead atoms. The third kappa shape index (κ3) is 2.82. The molecular formula is C13H12ClNO2. The summed E-state index contributed by atoms with van der Waals surface area (Å²) < 4.78 is 5.06. The summed E-state index contributed by atoms with van der Waals surface area (Å²) in [7, 11) is 1.62. The van der Waals surface area contributed by atoms with Gasteiger partial charge in [0.25, 0.3) is 0 Å². The van der Waals surface area contributed by atoms with Crippen LogP contribution < -0.4 is 10.1 Å². The van der Waals surface area contributed by atoms with E-state index in [9.17, 15) is 5.11 Å². The number of ether oxygens (including phenoxy) is 1. The van der Waals surface area contributed by atoms with Gasteiger partial charge in [-0.25, -0.2) is 0 Å². The number of phenolic OH excluding ortho intramolecular Hbond substituents is 1. The van der Waals surface area contributed by atoms with Gasteiger partial charge in [0.05, 0.1) is 12.8 Å². The quantitative estimate of drug-likeness (QED) is 0.813. The summed E-state index contributed by atoms with van der Waals surface area (Å²) in [5.41, 5.74) is 1.42. The SMILES string of the molecule is COc1ccc(Nc2cc(Cl)ccc2O)cc1. The minimum Gasteiger partial charge on any atom is -0.506 e. The Morgan fingerprint density at radius 1 is 1.12 bits per heavy atom. The van der Waals surface area contributed by atoms with E-state index >= 15 is 0 Å². The highest BCUT2D eigenvalue weighted by Crippen LogP contribution is 2.29. The van der Waals surface area contributed by atoms with E-state index in [1.54, 1.807) is 25.3 Å². The maximum absolute atomic E-state index is 9.65. The first-order valence-electron chi connectivity index (χ1n) is 5.08. The number of benzene rings is 2. The second kappa shape index (κ2) is 4.97. The maximum atomic E-state index is 9.65. The van der Waals surface area contributed by atoms with Crippen molar-refractivity contribution < 1.29 is 9.84 Å². The van der Waals surface area contributed by atoms with E-state index in [4.69, 9.17) is 16.3 Å². The van der Waals surface area contributed by atoms with Gasteiger partial charge in [-0.2, -0.15) is 0 Å². The summed E-state index contributed by atoms with van der Waals surface area (Å²) in [4.78, 5) is 0. The standard InChI is InChI=1S/C13H12ClNO2/c1-17-11-5-3-10(4-6-11)15-12-8-9(14)2-7-13(12)16/h2-8,15-16H,1H3. The summed E-state index contributed by atoms with van der Waals surface area (Å²) >= 11 is 5.86.